The molecule has 5 heteroatoms. The van der Waals surface area contributed by atoms with E-state index < -0.39 is 0 Å². The molecule has 1 atom stereocenters. The van der Waals surface area contributed by atoms with Crippen LogP contribution in [0.4, 0.5) is 11.6 Å². The Bertz CT molecular complexity index is 376. The Labute approximate surface area is 116 Å². The number of hydrogen-bond donors (Lipinski definition) is 2. The lowest BCUT2D eigenvalue weighted by atomic mass is 10.3. The van der Waals surface area contributed by atoms with Crippen molar-refractivity contribution in [3.05, 3.63) is 11.9 Å². The normalized spacial score (nSPS) is 12.5. The third-order valence-electron chi connectivity index (χ3n) is 3.02. The van der Waals surface area contributed by atoms with Crippen molar-refractivity contribution in [2.75, 3.05) is 36.8 Å². The molecule has 0 spiro atoms. The molecule has 0 radical (unpaired) electrons. The van der Waals surface area contributed by atoms with Gasteiger partial charge in [0.1, 0.15) is 17.5 Å². The third kappa shape index (κ3) is 5.42. The van der Waals surface area contributed by atoms with Crippen molar-refractivity contribution < 1.29 is 0 Å². The Hall–Kier alpha value is -1.36. The highest BCUT2D eigenvalue weighted by Gasteiger charge is 2.09. The van der Waals surface area contributed by atoms with E-state index in [0.717, 1.165) is 43.6 Å². The Morgan fingerprint density at radius 2 is 1.79 bits per heavy atom. The average Bonchev–Trinajstić information content (AvgIpc) is 2.35. The standard InChI is InChI=1S/C14H27N5/c1-6-15-13-9-14(18-12(5)17-13)16-11(4)10-19(7-2)8-3/h9,11H,6-8,10H2,1-5H3,(H2,15,16,17,18). The number of nitrogens with one attached hydrogen (secondary N) is 2. The lowest BCUT2D eigenvalue weighted by Gasteiger charge is -2.24. The average molecular weight is 265 g/mol. The van der Waals surface area contributed by atoms with Crippen LogP contribution in [0.5, 0.6) is 0 Å². The summed E-state index contributed by atoms with van der Waals surface area (Å²) in [6.07, 6.45) is 0. The predicted octanol–water partition coefficient (Wildman–Crippen LogP) is 2.36. The van der Waals surface area contributed by atoms with Crippen LogP contribution in [0, 0.1) is 6.92 Å². The first kappa shape index (κ1) is 15.7. The van der Waals surface area contributed by atoms with Gasteiger partial charge in [-0.3, -0.25) is 0 Å². The fourth-order valence-corrected chi connectivity index (χ4v) is 2.08. The minimum Gasteiger partial charge on any atom is -0.370 e. The second-order valence-electron chi connectivity index (χ2n) is 4.75. The molecule has 0 aromatic carbocycles. The van der Waals surface area contributed by atoms with Gasteiger partial charge in [0.05, 0.1) is 0 Å². The van der Waals surface area contributed by atoms with Crippen LogP contribution in [-0.4, -0.2) is 47.1 Å². The summed E-state index contributed by atoms with van der Waals surface area (Å²) in [7, 11) is 0. The van der Waals surface area contributed by atoms with Crippen molar-refractivity contribution in [1.82, 2.24) is 14.9 Å². The summed E-state index contributed by atoms with van der Waals surface area (Å²) in [5.74, 6) is 2.56. The Kier molecular flexibility index (Phi) is 6.56. The van der Waals surface area contributed by atoms with Gasteiger partial charge in [-0.2, -0.15) is 0 Å². The second-order valence-corrected chi connectivity index (χ2v) is 4.75. The number of aromatic nitrogens is 2. The van der Waals surface area contributed by atoms with Crippen LogP contribution in [-0.2, 0) is 0 Å². The maximum atomic E-state index is 4.43. The lowest BCUT2D eigenvalue weighted by molar-refractivity contribution is 0.294. The quantitative estimate of drug-likeness (QED) is 0.755. The molecule has 0 saturated carbocycles. The van der Waals surface area contributed by atoms with Crippen LogP contribution in [0.2, 0.25) is 0 Å². The molecule has 2 N–H and O–H groups in total. The Morgan fingerprint density at radius 1 is 1.16 bits per heavy atom. The SMILES string of the molecule is CCNc1cc(NC(C)CN(CC)CC)nc(C)n1. The van der Waals surface area contributed by atoms with Gasteiger partial charge in [0.15, 0.2) is 0 Å². The van der Waals surface area contributed by atoms with Crippen LogP contribution in [0.25, 0.3) is 0 Å². The van der Waals surface area contributed by atoms with Gasteiger partial charge in [-0.1, -0.05) is 13.8 Å². The molecule has 0 fully saturated rings. The zero-order valence-corrected chi connectivity index (χ0v) is 12.8. The van der Waals surface area contributed by atoms with Gasteiger partial charge < -0.3 is 15.5 Å². The fourth-order valence-electron chi connectivity index (χ4n) is 2.08. The van der Waals surface area contributed by atoms with E-state index in [1.54, 1.807) is 0 Å². The second kappa shape index (κ2) is 7.94. The van der Waals surface area contributed by atoms with E-state index in [1.807, 2.05) is 13.0 Å². The minimum absolute atomic E-state index is 0.365. The molecule has 0 aliphatic carbocycles. The molecule has 1 heterocycles. The molecule has 19 heavy (non-hydrogen) atoms. The van der Waals surface area contributed by atoms with Gasteiger partial charge in [-0.25, -0.2) is 9.97 Å². The van der Waals surface area contributed by atoms with Crippen LogP contribution in [0.15, 0.2) is 6.07 Å². The van der Waals surface area contributed by atoms with E-state index >= 15 is 0 Å². The molecule has 0 saturated heterocycles. The van der Waals surface area contributed by atoms with Crippen molar-refractivity contribution in [3.8, 4) is 0 Å². The summed E-state index contributed by atoms with van der Waals surface area (Å²) in [5, 5.41) is 6.67. The number of hydrogen-bond acceptors (Lipinski definition) is 5. The highest BCUT2D eigenvalue weighted by molar-refractivity contribution is 5.47. The summed E-state index contributed by atoms with van der Waals surface area (Å²) < 4.78 is 0. The molecular formula is C14H27N5. The largest absolute Gasteiger partial charge is 0.370 e. The van der Waals surface area contributed by atoms with Crippen molar-refractivity contribution >= 4 is 11.6 Å². The van der Waals surface area contributed by atoms with Gasteiger partial charge >= 0.3 is 0 Å². The number of anilines is 2. The van der Waals surface area contributed by atoms with E-state index in [1.165, 1.54) is 0 Å². The van der Waals surface area contributed by atoms with Crippen molar-refractivity contribution in [2.45, 2.75) is 40.7 Å². The molecule has 0 aliphatic heterocycles. The first-order valence-corrected chi connectivity index (χ1v) is 7.17. The highest BCUT2D eigenvalue weighted by Crippen LogP contribution is 2.12. The molecule has 0 amide bonds. The highest BCUT2D eigenvalue weighted by atomic mass is 15.2. The van der Waals surface area contributed by atoms with Crippen LogP contribution >= 0.6 is 0 Å². The maximum absolute atomic E-state index is 4.43. The molecule has 1 unspecified atom stereocenters. The molecular weight excluding hydrogens is 238 g/mol. The van der Waals surface area contributed by atoms with E-state index in [0.29, 0.717) is 6.04 Å². The number of rotatable bonds is 8. The summed E-state index contributed by atoms with van der Waals surface area (Å²) in [6, 6.07) is 2.33. The van der Waals surface area contributed by atoms with Gasteiger partial charge in [-0.15, -0.1) is 0 Å². The molecule has 1 aromatic rings. The number of likely N-dealkylation sites (N-methyl/N-ethyl adjacent to an activating group) is 1. The Morgan fingerprint density at radius 3 is 2.37 bits per heavy atom. The van der Waals surface area contributed by atoms with Gasteiger partial charge in [0, 0.05) is 25.2 Å². The van der Waals surface area contributed by atoms with Gasteiger partial charge in [0.2, 0.25) is 0 Å². The van der Waals surface area contributed by atoms with E-state index in [9.17, 15) is 0 Å². The smallest absolute Gasteiger partial charge is 0.132 e. The van der Waals surface area contributed by atoms with E-state index in [-0.39, 0.29) is 0 Å². The summed E-state index contributed by atoms with van der Waals surface area (Å²) in [4.78, 5) is 11.2. The predicted molar refractivity (Wildman–Crippen MR) is 81.8 cm³/mol. The fraction of sp³-hybridized carbons (Fsp3) is 0.714. The Balaban J connectivity index is 2.65. The molecule has 5 nitrogen and oxygen atoms in total. The zero-order chi connectivity index (χ0) is 14.3. The topological polar surface area (TPSA) is 53.1 Å². The van der Waals surface area contributed by atoms with Gasteiger partial charge in [-0.05, 0) is 33.9 Å². The van der Waals surface area contributed by atoms with Crippen LogP contribution < -0.4 is 10.6 Å². The van der Waals surface area contributed by atoms with Crippen molar-refractivity contribution in [1.29, 1.82) is 0 Å². The molecule has 1 rings (SSSR count). The van der Waals surface area contributed by atoms with Crippen LogP contribution in [0.1, 0.15) is 33.5 Å². The van der Waals surface area contributed by atoms with Gasteiger partial charge in [0.25, 0.3) is 0 Å². The monoisotopic (exact) mass is 265 g/mol. The molecule has 0 bridgehead atoms. The molecule has 108 valence electrons. The van der Waals surface area contributed by atoms with Crippen molar-refractivity contribution in [3.63, 3.8) is 0 Å². The third-order valence-corrected chi connectivity index (χ3v) is 3.02. The summed E-state index contributed by atoms with van der Waals surface area (Å²) >= 11 is 0. The zero-order valence-electron chi connectivity index (χ0n) is 12.8. The molecule has 0 aliphatic rings. The summed E-state index contributed by atoms with van der Waals surface area (Å²) in [5.41, 5.74) is 0. The molecule has 1 aromatic heterocycles. The first-order valence-electron chi connectivity index (χ1n) is 7.17. The van der Waals surface area contributed by atoms with Crippen molar-refractivity contribution in [2.24, 2.45) is 0 Å². The van der Waals surface area contributed by atoms with E-state index in [4.69, 9.17) is 0 Å². The van der Waals surface area contributed by atoms with Crippen LogP contribution in [0.3, 0.4) is 0 Å². The number of nitrogens with zero attached hydrogens (tertiary/aromatic N) is 3. The first-order chi connectivity index (χ1) is 9.08. The minimum atomic E-state index is 0.365. The van der Waals surface area contributed by atoms with E-state index in [2.05, 4.69) is 53.2 Å². The number of aryl methyl sites for hydroxylation is 1. The lowest BCUT2D eigenvalue weighted by Crippen LogP contribution is -2.35. The summed E-state index contributed by atoms with van der Waals surface area (Å²) in [6.45, 7) is 14.6. The maximum Gasteiger partial charge on any atom is 0.132 e.